The van der Waals surface area contributed by atoms with E-state index in [-0.39, 0.29) is 0 Å². The lowest BCUT2D eigenvalue weighted by atomic mass is 10.4. The molecular weight excluding hydrogens is 204 g/mol. The Balaban J connectivity index is 1.59. The van der Waals surface area contributed by atoms with E-state index in [0.29, 0.717) is 6.61 Å². The van der Waals surface area contributed by atoms with Crippen LogP contribution in [0.1, 0.15) is 5.69 Å². The number of aromatic nitrogens is 3. The van der Waals surface area contributed by atoms with Crippen LogP contribution in [0.2, 0.25) is 0 Å². The predicted molar refractivity (Wildman–Crippen MR) is 60.0 cm³/mol. The smallest absolute Gasteiger partial charge is 0.137 e. The Kier molecular flexibility index (Phi) is 3.90. The van der Waals surface area contributed by atoms with Gasteiger partial charge in [0.1, 0.15) is 12.4 Å². The van der Waals surface area contributed by atoms with E-state index >= 15 is 0 Å². The molecule has 0 fully saturated rings. The average molecular weight is 218 g/mol. The number of hydrogen-bond donors (Lipinski definition) is 2. The van der Waals surface area contributed by atoms with Crippen molar-refractivity contribution in [1.82, 2.24) is 20.5 Å². The van der Waals surface area contributed by atoms with Crippen LogP contribution in [0.5, 0.6) is 5.75 Å². The van der Waals surface area contributed by atoms with Crippen LogP contribution in [-0.2, 0) is 6.54 Å². The molecule has 0 bridgehead atoms. The number of pyridine rings is 1. The van der Waals surface area contributed by atoms with Gasteiger partial charge in [-0.3, -0.25) is 10.1 Å². The maximum atomic E-state index is 5.47. The van der Waals surface area contributed by atoms with Gasteiger partial charge in [-0.25, -0.2) is 0 Å². The van der Waals surface area contributed by atoms with E-state index in [9.17, 15) is 0 Å². The minimum absolute atomic E-state index is 0.625. The van der Waals surface area contributed by atoms with Crippen molar-refractivity contribution in [2.24, 2.45) is 0 Å². The van der Waals surface area contributed by atoms with Crippen molar-refractivity contribution in [3.05, 3.63) is 42.5 Å². The summed E-state index contributed by atoms with van der Waals surface area (Å²) in [6.45, 7) is 2.18. The Bertz CT molecular complexity index is 388. The second-order valence-electron chi connectivity index (χ2n) is 3.30. The first-order chi connectivity index (χ1) is 7.95. The fourth-order valence-electron chi connectivity index (χ4n) is 1.28. The highest BCUT2D eigenvalue weighted by molar-refractivity contribution is 5.15. The van der Waals surface area contributed by atoms with Gasteiger partial charge in [0.15, 0.2) is 0 Å². The van der Waals surface area contributed by atoms with Crippen molar-refractivity contribution in [3.8, 4) is 5.75 Å². The zero-order valence-electron chi connectivity index (χ0n) is 8.89. The van der Waals surface area contributed by atoms with Gasteiger partial charge >= 0.3 is 0 Å². The Hall–Kier alpha value is -1.88. The van der Waals surface area contributed by atoms with Gasteiger partial charge < -0.3 is 10.1 Å². The molecule has 0 amide bonds. The van der Waals surface area contributed by atoms with Crippen molar-refractivity contribution < 1.29 is 4.74 Å². The molecule has 2 N–H and O–H groups in total. The summed E-state index contributed by atoms with van der Waals surface area (Å²) in [7, 11) is 0. The van der Waals surface area contributed by atoms with Gasteiger partial charge in [0.2, 0.25) is 0 Å². The quantitative estimate of drug-likeness (QED) is 0.709. The summed E-state index contributed by atoms with van der Waals surface area (Å²) in [6, 6.07) is 5.68. The largest absolute Gasteiger partial charge is 0.491 e. The summed E-state index contributed by atoms with van der Waals surface area (Å²) in [6.07, 6.45) is 5.17. The third-order valence-electron chi connectivity index (χ3n) is 2.06. The molecule has 0 spiro atoms. The first-order valence-electron chi connectivity index (χ1n) is 5.17. The van der Waals surface area contributed by atoms with Gasteiger partial charge in [-0.2, -0.15) is 5.10 Å². The van der Waals surface area contributed by atoms with Crippen molar-refractivity contribution in [1.29, 1.82) is 0 Å². The van der Waals surface area contributed by atoms with E-state index in [1.165, 1.54) is 0 Å². The number of hydrogen-bond acceptors (Lipinski definition) is 4. The molecule has 0 aliphatic carbocycles. The van der Waals surface area contributed by atoms with Crippen LogP contribution in [0.4, 0.5) is 0 Å². The minimum Gasteiger partial charge on any atom is -0.491 e. The number of nitrogens with one attached hydrogen (secondary N) is 2. The second kappa shape index (κ2) is 5.87. The third-order valence-corrected chi connectivity index (χ3v) is 2.06. The molecule has 0 aliphatic heterocycles. The number of H-pyrrole nitrogens is 1. The molecule has 0 saturated carbocycles. The summed E-state index contributed by atoms with van der Waals surface area (Å²) >= 11 is 0. The molecule has 5 heteroatoms. The Labute approximate surface area is 93.9 Å². The first kappa shape index (κ1) is 10.6. The highest BCUT2D eigenvalue weighted by Gasteiger charge is 1.94. The molecule has 0 atom stereocenters. The van der Waals surface area contributed by atoms with Crippen molar-refractivity contribution in [3.63, 3.8) is 0 Å². The molecule has 0 aliphatic rings. The van der Waals surface area contributed by atoms with Crippen molar-refractivity contribution >= 4 is 0 Å². The standard InChI is InChI=1S/C11H14N4O/c1-2-11(9-12-4-1)16-7-6-13-8-10-3-5-14-15-10/h1-5,9,13H,6-8H2,(H,14,15). The predicted octanol–water partition coefficient (Wildman–Crippen LogP) is 0.973. The van der Waals surface area contributed by atoms with E-state index in [0.717, 1.165) is 24.5 Å². The monoisotopic (exact) mass is 218 g/mol. The molecule has 0 saturated heterocycles. The highest BCUT2D eigenvalue weighted by atomic mass is 16.5. The number of ether oxygens (including phenoxy) is 1. The zero-order chi connectivity index (χ0) is 11.1. The number of nitrogens with zero attached hydrogens (tertiary/aromatic N) is 2. The lowest BCUT2D eigenvalue weighted by Gasteiger charge is -2.05. The van der Waals surface area contributed by atoms with Crippen LogP contribution in [-0.4, -0.2) is 28.3 Å². The maximum absolute atomic E-state index is 5.47. The molecule has 0 radical (unpaired) electrons. The molecule has 2 heterocycles. The molecule has 0 unspecified atom stereocenters. The fraction of sp³-hybridized carbons (Fsp3) is 0.273. The van der Waals surface area contributed by atoms with E-state index in [1.807, 2.05) is 18.2 Å². The van der Waals surface area contributed by atoms with Crippen LogP contribution < -0.4 is 10.1 Å². The molecule has 2 aromatic rings. The average Bonchev–Trinajstić information content (AvgIpc) is 2.83. The zero-order valence-corrected chi connectivity index (χ0v) is 8.89. The van der Waals surface area contributed by atoms with Gasteiger partial charge in [-0.1, -0.05) is 0 Å². The molecule has 5 nitrogen and oxygen atoms in total. The molecule has 2 aromatic heterocycles. The molecule has 0 aromatic carbocycles. The van der Waals surface area contributed by atoms with Crippen LogP contribution in [0.25, 0.3) is 0 Å². The molecular formula is C11H14N4O. The van der Waals surface area contributed by atoms with Crippen LogP contribution in [0, 0.1) is 0 Å². The minimum atomic E-state index is 0.625. The normalized spacial score (nSPS) is 10.2. The summed E-state index contributed by atoms with van der Waals surface area (Å²) in [4.78, 5) is 3.97. The summed E-state index contributed by atoms with van der Waals surface area (Å²) in [5.74, 6) is 0.797. The van der Waals surface area contributed by atoms with Gasteiger partial charge in [-0.05, 0) is 18.2 Å². The first-order valence-corrected chi connectivity index (χ1v) is 5.17. The summed E-state index contributed by atoms with van der Waals surface area (Å²) in [5.41, 5.74) is 1.07. The van der Waals surface area contributed by atoms with Gasteiger partial charge in [0.25, 0.3) is 0 Å². The summed E-state index contributed by atoms with van der Waals surface area (Å²) in [5, 5.41) is 9.99. The lowest BCUT2D eigenvalue weighted by molar-refractivity contribution is 0.312. The Morgan fingerprint density at radius 2 is 2.31 bits per heavy atom. The second-order valence-corrected chi connectivity index (χ2v) is 3.30. The van der Waals surface area contributed by atoms with Crippen molar-refractivity contribution in [2.45, 2.75) is 6.54 Å². The Morgan fingerprint density at radius 1 is 1.31 bits per heavy atom. The van der Waals surface area contributed by atoms with Crippen molar-refractivity contribution in [2.75, 3.05) is 13.2 Å². The SMILES string of the molecule is c1cncc(OCCNCc2ccn[nH]2)c1. The van der Waals surface area contributed by atoms with Gasteiger partial charge in [-0.15, -0.1) is 0 Å². The van der Waals surface area contributed by atoms with Gasteiger partial charge in [0.05, 0.1) is 6.20 Å². The van der Waals surface area contributed by atoms with Crippen LogP contribution >= 0.6 is 0 Å². The van der Waals surface area contributed by atoms with E-state index < -0.39 is 0 Å². The lowest BCUT2D eigenvalue weighted by Crippen LogP contribution is -2.20. The Morgan fingerprint density at radius 3 is 3.06 bits per heavy atom. The van der Waals surface area contributed by atoms with Crippen LogP contribution in [0.3, 0.4) is 0 Å². The van der Waals surface area contributed by atoms with E-state index in [2.05, 4.69) is 20.5 Å². The third kappa shape index (κ3) is 3.36. The topological polar surface area (TPSA) is 62.8 Å². The highest BCUT2D eigenvalue weighted by Crippen LogP contribution is 2.04. The van der Waals surface area contributed by atoms with Crippen LogP contribution in [0.15, 0.2) is 36.8 Å². The van der Waals surface area contributed by atoms with Gasteiger partial charge in [0, 0.05) is 31.2 Å². The number of rotatable bonds is 6. The molecule has 84 valence electrons. The molecule has 2 rings (SSSR count). The fourth-order valence-corrected chi connectivity index (χ4v) is 1.28. The van der Waals surface area contributed by atoms with E-state index in [1.54, 1.807) is 18.6 Å². The maximum Gasteiger partial charge on any atom is 0.137 e. The van der Waals surface area contributed by atoms with E-state index in [4.69, 9.17) is 4.74 Å². The molecule has 16 heavy (non-hydrogen) atoms. The number of aromatic amines is 1. The summed E-state index contributed by atoms with van der Waals surface area (Å²) < 4.78 is 5.47.